The van der Waals surface area contributed by atoms with Gasteiger partial charge in [-0.25, -0.2) is 0 Å². The van der Waals surface area contributed by atoms with E-state index in [0.29, 0.717) is 5.56 Å². The van der Waals surface area contributed by atoms with Gasteiger partial charge in [-0.15, -0.1) is 0 Å². The van der Waals surface area contributed by atoms with Crippen LogP contribution in [0.4, 0.5) is 13.2 Å². The first-order valence-electron chi connectivity index (χ1n) is 3.81. The molecule has 14 heavy (non-hydrogen) atoms. The lowest BCUT2D eigenvalue weighted by molar-refractivity contribution is -0.0561. The summed E-state index contributed by atoms with van der Waals surface area (Å²) in [4.78, 5) is 3.22. The van der Waals surface area contributed by atoms with E-state index in [-0.39, 0.29) is 6.54 Å². The van der Waals surface area contributed by atoms with Gasteiger partial charge in [-0.1, -0.05) is 41.9 Å². The van der Waals surface area contributed by atoms with Gasteiger partial charge in [0.1, 0.15) is 0 Å². The summed E-state index contributed by atoms with van der Waals surface area (Å²) in [6.45, 7) is -0.0564. The van der Waals surface area contributed by atoms with Crippen molar-refractivity contribution >= 4 is 16.8 Å². The molecule has 1 aromatic carbocycles. The zero-order chi connectivity index (χ0) is 10.6. The van der Waals surface area contributed by atoms with Gasteiger partial charge in [-0.3, -0.25) is 4.99 Å². The van der Waals surface area contributed by atoms with E-state index in [9.17, 15) is 13.2 Å². The molecule has 0 saturated carbocycles. The molecule has 1 rings (SSSR count). The summed E-state index contributed by atoms with van der Waals surface area (Å²) >= 11 is 4.93. The molecule has 5 heteroatoms. The predicted molar refractivity (Wildman–Crippen MR) is 49.5 cm³/mol. The molecule has 0 N–H and O–H groups in total. The molecule has 0 radical (unpaired) electrons. The standard InChI is InChI=1S/C9H7ClF3N/c10-8(9(11,12)13)14-6-7-4-2-1-3-5-7/h1-5H,6H2. The summed E-state index contributed by atoms with van der Waals surface area (Å²) in [6, 6.07) is 8.60. The van der Waals surface area contributed by atoms with Crippen LogP contribution < -0.4 is 0 Å². The Kier molecular flexibility index (Phi) is 3.52. The van der Waals surface area contributed by atoms with Crippen molar-refractivity contribution in [3.63, 3.8) is 0 Å². The number of aliphatic imine (C=N–C) groups is 1. The van der Waals surface area contributed by atoms with Crippen LogP contribution in [0.2, 0.25) is 0 Å². The topological polar surface area (TPSA) is 12.4 Å². The first-order chi connectivity index (χ1) is 6.50. The first-order valence-corrected chi connectivity index (χ1v) is 4.19. The van der Waals surface area contributed by atoms with Crippen molar-refractivity contribution in [1.29, 1.82) is 0 Å². The smallest absolute Gasteiger partial charge is 0.265 e. The quantitative estimate of drug-likeness (QED) is 0.679. The Hall–Kier alpha value is -1.03. The van der Waals surface area contributed by atoms with Gasteiger partial charge in [0, 0.05) is 0 Å². The molecular weight excluding hydrogens is 215 g/mol. The highest BCUT2D eigenvalue weighted by Crippen LogP contribution is 2.20. The molecule has 0 aliphatic rings. The number of alkyl halides is 3. The Balaban J connectivity index is 2.65. The van der Waals surface area contributed by atoms with E-state index in [1.165, 1.54) is 0 Å². The van der Waals surface area contributed by atoms with Gasteiger partial charge in [0.25, 0.3) is 0 Å². The Morgan fingerprint density at radius 3 is 2.29 bits per heavy atom. The highest BCUT2D eigenvalue weighted by molar-refractivity contribution is 6.66. The van der Waals surface area contributed by atoms with Crippen molar-refractivity contribution in [2.24, 2.45) is 4.99 Å². The molecule has 0 heterocycles. The lowest BCUT2D eigenvalue weighted by Crippen LogP contribution is -2.17. The van der Waals surface area contributed by atoms with Crippen LogP contribution in [0.3, 0.4) is 0 Å². The number of nitrogens with zero attached hydrogens (tertiary/aromatic N) is 1. The second-order valence-corrected chi connectivity index (χ2v) is 2.95. The van der Waals surface area contributed by atoms with Gasteiger partial charge in [-0.05, 0) is 5.56 Å². The molecule has 0 bridgehead atoms. The second-order valence-electron chi connectivity index (χ2n) is 2.59. The molecule has 0 atom stereocenters. The van der Waals surface area contributed by atoms with Crippen molar-refractivity contribution in [2.75, 3.05) is 0 Å². The number of halogens is 4. The zero-order valence-electron chi connectivity index (χ0n) is 7.05. The molecule has 1 aromatic rings. The van der Waals surface area contributed by atoms with Crippen LogP contribution >= 0.6 is 11.6 Å². The maximum Gasteiger partial charge on any atom is 0.444 e. The van der Waals surface area contributed by atoms with Crippen molar-refractivity contribution in [3.05, 3.63) is 35.9 Å². The third-order valence-electron chi connectivity index (χ3n) is 1.48. The fraction of sp³-hybridized carbons (Fsp3) is 0.222. The summed E-state index contributed by atoms with van der Waals surface area (Å²) in [5.41, 5.74) is 0.690. The molecule has 1 nitrogen and oxygen atoms in total. The van der Waals surface area contributed by atoms with Gasteiger partial charge >= 0.3 is 6.18 Å². The van der Waals surface area contributed by atoms with E-state index in [1.54, 1.807) is 30.3 Å². The minimum atomic E-state index is -4.55. The third-order valence-corrected chi connectivity index (χ3v) is 1.81. The summed E-state index contributed by atoms with van der Waals surface area (Å²) in [5.74, 6) is 0. The lowest BCUT2D eigenvalue weighted by Gasteiger charge is -2.02. The van der Waals surface area contributed by atoms with Crippen molar-refractivity contribution in [1.82, 2.24) is 0 Å². The zero-order valence-corrected chi connectivity index (χ0v) is 7.81. The molecule has 0 aliphatic carbocycles. The molecule has 0 aromatic heterocycles. The van der Waals surface area contributed by atoms with Gasteiger partial charge in [0.2, 0.25) is 5.17 Å². The van der Waals surface area contributed by atoms with Gasteiger partial charge in [0.05, 0.1) is 6.54 Å². The molecule has 76 valence electrons. The lowest BCUT2D eigenvalue weighted by atomic mass is 10.2. The Morgan fingerprint density at radius 1 is 1.21 bits per heavy atom. The normalized spacial score (nSPS) is 13.0. The van der Waals surface area contributed by atoms with Crippen molar-refractivity contribution < 1.29 is 13.2 Å². The average molecular weight is 222 g/mol. The van der Waals surface area contributed by atoms with Crippen LogP contribution in [0.5, 0.6) is 0 Å². The highest BCUT2D eigenvalue weighted by Gasteiger charge is 2.34. The largest absolute Gasteiger partial charge is 0.444 e. The maximum atomic E-state index is 11.9. The fourth-order valence-electron chi connectivity index (χ4n) is 0.834. The molecular formula is C9H7ClF3N. The van der Waals surface area contributed by atoms with Crippen LogP contribution in [0, 0.1) is 0 Å². The van der Waals surface area contributed by atoms with Gasteiger partial charge < -0.3 is 0 Å². The van der Waals surface area contributed by atoms with E-state index in [2.05, 4.69) is 4.99 Å². The van der Waals surface area contributed by atoms with E-state index >= 15 is 0 Å². The fourth-order valence-corrected chi connectivity index (χ4v) is 0.894. The molecule has 0 aliphatic heterocycles. The average Bonchev–Trinajstić information content (AvgIpc) is 2.14. The molecule has 0 unspecified atom stereocenters. The van der Waals surface area contributed by atoms with Gasteiger partial charge in [0.15, 0.2) is 0 Å². The van der Waals surface area contributed by atoms with Crippen LogP contribution in [-0.2, 0) is 6.54 Å². The Labute approximate surface area is 84.2 Å². The number of hydrogen-bond donors (Lipinski definition) is 0. The second kappa shape index (κ2) is 4.46. The van der Waals surface area contributed by atoms with Crippen molar-refractivity contribution in [3.8, 4) is 0 Å². The Morgan fingerprint density at radius 2 is 1.79 bits per heavy atom. The van der Waals surface area contributed by atoms with E-state index in [1.807, 2.05) is 0 Å². The van der Waals surface area contributed by atoms with E-state index < -0.39 is 11.3 Å². The van der Waals surface area contributed by atoms with E-state index in [0.717, 1.165) is 0 Å². The summed E-state index contributed by atoms with van der Waals surface area (Å²) in [6.07, 6.45) is -4.55. The number of rotatable bonds is 2. The van der Waals surface area contributed by atoms with Gasteiger partial charge in [-0.2, -0.15) is 13.2 Å². The predicted octanol–water partition coefficient (Wildman–Crippen LogP) is 3.39. The SMILES string of the molecule is FC(F)(F)C(Cl)=NCc1ccccc1. The number of hydrogen-bond acceptors (Lipinski definition) is 1. The van der Waals surface area contributed by atoms with E-state index in [4.69, 9.17) is 11.6 Å². The van der Waals surface area contributed by atoms with Crippen LogP contribution in [0.25, 0.3) is 0 Å². The minimum Gasteiger partial charge on any atom is -0.265 e. The summed E-state index contributed by atoms with van der Waals surface area (Å²) < 4.78 is 35.7. The van der Waals surface area contributed by atoms with Crippen LogP contribution in [0.15, 0.2) is 35.3 Å². The summed E-state index contributed by atoms with van der Waals surface area (Å²) in [5, 5.41) is -1.32. The highest BCUT2D eigenvalue weighted by atomic mass is 35.5. The van der Waals surface area contributed by atoms with Crippen LogP contribution in [-0.4, -0.2) is 11.3 Å². The van der Waals surface area contributed by atoms with Crippen LogP contribution in [0.1, 0.15) is 5.56 Å². The molecule has 0 saturated heterocycles. The molecule has 0 fully saturated rings. The maximum absolute atomic E-state index is 11.9. The molecule has 0 amide bonds. The third kappa shape index (κ3) is 3.38. The molecule has 0 spiro atoms. The first kappa shape index (κ1) is 11.0. The monoisotopic (exact) mass is 221 g/mol. The summed E-state index contributed by atoms with van der Waals surface area (Å²) in [7, 11) is 0. The number of benzene rings is 1. The minimum absolute atomic E-state index is 0.0564. The van der Waals surface area contributed by atoms with Crippen molar-refractivity contribution in [2.45, 2.75) is 12.7 Å². The Bertz CT molecular complexity index is 319.